The van der Waals surface area contributed by atoms with E-state index in [0.717, 1.165) is 18.4 Å². The third-order valence-electron chi connectivity index (χ3n) is 6.25. The van der Waals surface area contributed by atoms with Gasteiger partial charge in [-0.25, -0.2) is 0 Å². The van der Waals surface area contributed by atoms with Crippen molar-refractivity contribution in [2.24, 2.45) is 5.92 Å². The van der Waals surface area contributed by atoms with Crippen molar-refractivity contribution in [2.45, 2.75) is 51.1 Å². The third-order valence-corrected chi connectivity index (χ3v) is 6.25. The largest absolute Gasteiger partial charge is 0.426 e. The summed E-state index contributed by atoms with van der Waals surface area (Å²) in [5.41, 5.74) is 3.63. The Morgan fingerprint density at radius 3 is 2.48 bits per heavy atom. The Hall–Kier alpha value is -1.84. The number of benzene rings is 2. The van der Waals surface area contributed by atoms with Crippen LogP contribution in [0.2, 0.25) is 0 Å². The van der Waals surface area contributed by atoms with E-state index in [1.165, 1.54) is 17.5 Å². The first-order valence-corrected chi connectivity index (χ1v) is 9.60. The van der Waals surface area contributed by atoms with E-state index >= 15 is 0 Å². The molecule has 2 aliphatic rings. The first kappa shape index (κ1) is 19.9. The molecule has 4 heteroatoms. The van der Waals surface area contributed by atoms with Crippen molar-refractivity contribution in [3.05, 3.63) is 65.2 Å². The molecular weight excluding hydrogens is 358 g/mol. The van der Waals surface area contributed by atoms with E-state index in [9.17, 15) is 4.79 Å². The van der Waals surface area contributed by atoms with Crippen LogP contribution in [0.15, 0.2) is 48.5 Å². The molecule has 144 valence electrons. The number of piperidine rings is 1. The van der Waals surface area contributed by atoms with E-state index in [2.05, 4.69) is 43.1 Å². The molecule has 2 bridgehead atoms. The fraction of sp³-hybridized carbons (Fsp3) is 0.435. The second kappa shape index (κ2) is 8.04. The lowest BCUT2D eigenvalue weighted by Crippen LogP contribution is -2.49. The van der Waals surface area contributed by atoms with Crippen molar-refractivity contribution in [2.75, 3.05) is 7.05 Å². The van der Waals surface area contributed by atoms with Crippen LogP contribution in [0.3, 0.4) is 0 Å². The van der Waals surface area contributed by atoms with Crippen molar-refractivity contribution >= 4 is 18.4 Å². The number of rotatable bonds is 3. The first-order valence-electron chi connectivity index (χ1n) is 9.60. The smallest absolute Gasteiger partial charge is 0.316 e. The minimum atomic E-state index is -0.109. The van der Waals surface area contributed by atoms with Gasteiger partial charge in [0.05, 0.1) is 5.92 Å². The van der Waals surface area contributed by atoms with Gasteiger partial charge in [-0.05, 0) is 63.4 Å². The number of ether oxygens (including phenoxy) is 1. The standard InChI is InChI=1S/C23H27NO2.ClH/c1-15-7-9-17(10-8-15)20-14-18-11-12-21(24(18)3)22(20)23(25)26-19-6-4-5-16(2)13-19;/h4-10,13,18,20-22H,11-12,14H2,1-3H3;1H/t18-,20-,21?,22?;/m1./s1. The number of hydrogen-bond donors (Lipinski definition) is 0. The Morgan fingerprint density at radius 1 is 1.04 bits per heavy atom. The minimum Gasteiger partial charge on any atom is -0.426 e. The number of hydrogen-bond acceptors (Lipinski definition) is 3. The quantitative estimate of drug-likeness (QED) is 0.556. The van der Waals surface area contributed by atoms with Crippen molar-refractivity contribution < 1.29 is 9.53 Å². The predicted octanol–water partition coefficient (Wildman–Crippen LogP) is 4.90. The molecule has 2 heterocycles. The Labute approximate surface area is 168 Å². The summed E-state index contributed by atoms with van der Waals surface area (Å²) in [7, 11) is 2.17. The van der Waals surface area contributed by atoms with Gasteiger partial charge in [0.25, 0.3) is 0 Å². The SMILES string of the molecule is Cc1ccc([C@H]2C[C@H]3CCC(C2C(=O)Oc2cccc(C)c2)N3C)cc1.Cl. The Morgan fingerprint density at radius 2 is 1.78 bits per heavy atom. The van der Waals surface area contributed by atoms with E-state index in [-0.39, 0.29) is 36.3 Å². The van der Waals surface area contributed by atoms with Crippen molar-refractivity contribution in [1.82, 2.24) is 4.90 Å². The van der Waals surface area contributed by atoms with Crippen LogP contribution in [0.1, 0.15) is 41.9 Å². The molecule has 0 aromatic heterocycles. The van der Waals surface area contributed by atoms with Crippen LogP contribution in [0.5, 0.6) is 5.75 Å². The zero-order valence-corrected chi connectivity index (χ0v) is 17.0. The Balaban J connectivity index is 0.00000210. The molecule has 2 aromatic rings. The van der Waals surface area contributed by atoms with Crippen LogP contribution < -0.4 is 4.74 Å². The first-order chi connectivity index (χ1) is 12.5. The van der Waals surface area contributed by atoms with Gasteiger partial charge in [-0.1, -0.05) is 42.0 Å². The van der Waals surface area contributed by atoms with Crippen LogP contribution in [-0.2, 0) is 4.79 Å². The molecule has 0 spiro atoms. The minimum absolute atomic E-state index is 0. The van der Waals surface area contributed by atoms with Gasteiger partial charge in [-0.15, -0.1) is 12.4 Å². The maximum atomic E-state index is 13.2. The molecule has 0 N–H and O–H groups in total. The van der Waals surface area contributed by atoms with E-state index in [1.807, 2.05) is 31.2 Å². The van der Waals surface area contributed by atoms with Gasteiger partial charge in [0.1, 0.15) is 5.75 Å². The average Bonchev–Trinajstić information content (AvgIpc) is 2.85. The zero-order valence-electron chi connectivity index (χ0n) is 16.2. The summed E-state index contributed by atoms with van der Waals surface area (Å²) in [5.74, 6) is 0.697. The summed E-state index contributed by atoms with van der Waals surface area (Å²) in [6, 6.07) is 17.3. The molecule has 2 aromatic carbocycles. The molecule has 27 heavy (non-hydrogen) atoms. The number of halogens is 1. The van der Waals surface area contributed by atoms with Crippen molar-refractivity contribution in [1.29, 1.82) is 0 Å². The highest BCUT2D eigenvalue weighted by Gasteiger charge is 2.49. The molecule has 0 aliphatic carbocycles. The Kier molecular flexibility index (Phi) is 5.92. The molecule has 0 saturated carbocycles. The van der Waals surface area contributed by atoms with Gasteiger partial charge in [0.2, 0.25) is 0 Å². The summed E-state index contributed by atoms with van der Waals surface area (Å²) < 4.78 is 5.84. The molecule has 2 aliphatic heterocycles. The van der Waals surface area contributed by atoms with E-state index in [0.29, 0.717) is 11.8 Å². The van der Waals surface area contributed by atoms with Crippen molar-refractivity contribution in [3.8, 4) is 5.75 Å². The zero-order chi connectivity index (χ0) is 18.3. The van der Waals surface area contributed by atoms with Gasteiger partial charge in [-0.3, -0.25) is 9.69 Å². The number of aryl methyl sites for hydroxylation is 2. The molecular formula is C23H28ClNO2. The molecule has 2 fully saturated rings. The average molecular weight is 386 g/mol. The molecule has 3 nitrogen and oxygen atoms in total. The van der Waals surface area contributed by atoms with Gasteiger partial charge in [0, 0.05) is 18.0 Å². The predicted molar refractivity (Wildman–Crippen MR) is 111 cm³/mol. The summed E-state index contributed by atoms with van der Waals surface area (Å²) in [6.07, 6.45) is 3.29. The van der Waals surface area contributed by atoms with E-state index in [4.69, 9.17) is 4.74 Å². The van der Waals surface area contributed by atoms with Crippen LogP contribution in [0.4, 0.5) is 0 Å². The van der Waals surface area contributed by atoms with Crippen LogP contribution in [-0.4, -0.2) is 30.0 Å². The fourth-order valence-electron chi connectivity index (χ4n) is 4.81. The lowest BCUT2D eigenvalue weighted by atomic mass is 9.76. The number of nitrogens with zero attached hydrogens (tertiary/aromatic N) is 1. The molecule has 0 radical (unpaired) electrons. The van der Waals surface area contributed by atoms with Gasteiger partial charge < -0.3 is 4.74 Å². The highest BCUT2D eigenvalue weighted by atomic mass is 35.5. The topological polar surface area (TPSA) is 29.5 Å². The lowest BCUT2D eigenvalue weighted by molar-refractivity contribution is -0.143. The summed E-state index contributed by atoms with van der Waals surface area (Å²) in [6.45, 7) is 4.12. The van der Waals surface area contributed by atoms with Crippen molar-refractivity contribution in [3.63, 3.8) is 0 Å². The number of carbonyl (C=O) groups excluding carboxylic acids is 1. The number of carbonyl (C=O) groups is 1. The lowest BCUT2D eigenvalue weighted by Gasteiger charge is -2.41. The third kappa shape index (κ3) is 3.90. The summed E-state index contributed by atoms with van der Waals surface area (Å²) in [4.78, 5) is 15.6. The molecule has 0 amide bonds. The van der Waals surface area contributed by atoms with E-state index in [1.54, 1.807) is 0 Å². The normalized spacial score (nSPS) is 27.1. The Bertz CT molecular complexity index is 804. The molecule has 2 saturated heterocycles. The van der Waals surface area contributed by atoms with Crippen LogP contribution in [0, 0.1) is 19.8 Å². The number of esters is 1. The highest BCUT2D eigenvalue weighted by Crippen LogP contribution is 2.46. The van der Waals surface area contributed by atoms with Gasteiger partial charge in [0.15, 0.2) is 0 Å². The maximum absolute atomic E-state index is 13.2. The second-order valence-corrected chi connectivity index (χ2v) is 7.98. The molecule has 4 rings (SSSR count). The van der Waals surface area contributed by atoms with Gasteiger partial charge >= 0.3 is 5.97 Å². The summed E-state index contributed by atoms with van der Waals surface area (Å²) >= 11 is 0. The van der Waals surface area contributed by atoms with E-state index < -0.39 is 0 Å². The van der Waals surface area contributed by atoms with Gasteiger partial charge in [-0.2, -0.15) is 0 Å². The monoisotopic (exact) mass is 385 g/mol. The maximum Gasteiger partial charge on any atom is 0.316 e. The summed E-state index contributed by atoms with van der Waals surface area (Å²) in [5, 5.41) is 0. The second-order valence-electron chi connectivity index (χ2n) is 7.98. The van der Waals surface area contributed by atoms with Crippen LogP contribution in [0.25, 0.3) is 0 Å². The molecule has 2 unspecified atom stereocenters. The highest BCUT2D eigenvalue weighted by molar-refractivity contribution is 5.85. The fourth-order valence-corrected chi connectivity index (χ4v) is 4.81. The van der Waals surface area contributed by atoms with Crippen LogP contribution >= 0.6 is 12.4 Å². The molecule has 4 atom stereocenters. The number of fused-ring (bicyclic) bond motifs is 2.